The van der Waals surface area contributed by atoms with E-state index in [9.17, 15) is 19.2 Å². The molecule has 150 valence electrons. The highest BCUT2D eigenvalue weighted by Crippen LogP contribution is 2.31. The first-order valence-electron chi connectivity index (χ1n) is 8.91. The van der Waals surface area contributed by atoms with Gasteiger partial charge in [-0.2, -0.15) is 0 Å². The van der Waals surface area contributed by atoms with Gasteiger partial charge in [0.25, 0.3) is 0 Å². The van der Waals surface area contributed by atoms with Gasteiger partial charge >= 0.3 is 11.9 Å². The molecular formula is C20H22O6S2. The van der Waals surface area contributed by atoms with Crippen molar-refractivity contribution < 1.29 is 28.7 Å². The van der Waals surface area contributed by atoms with Gasteiger partial charge in [-0.3, -0.25) is 19.2 Å². The summed E-state index contributed by atoms with van der Waals surface area (Å²) in [4.78, 5) is 52.0. The van der Waals surface area contributed by atoms with E-state index < -0.39 is 41.3 Å². The van der Waals surface area contributed by atoms with Crippen molar-refractivity contribution in [3.63, 3.8) is 0 Å². The zero-order valence-corrected chi connectivity index (χ0v) is 17.5. The molecule has 2 heterocycles. The van der Waals surface area contributed by atoms with E-state index in [0.29, 0.717) is 9.75 Å². The Labute approximate surface area is 171 Å². The zero-order valence-electron chi connectivity index (χ0n) is 15.9. The molecule has 0 bridgehead atoms. The van der Waals surface area contributed by atoms with Gasteiger partial charge in [0.15, 0.2) is 11.6 Å². The van der Waals surface area contributed by atoms with E-state index in [1.165, 1.54) is 22.7 Å². The predicted octanol–water partition coefficient (Wildman–Crippen LogP) is 3.87. The molecule has 0 aliphatic rings. The van der Waals surface area contributed by atoms with Gasteiger partial charge in [0.05, 0.1) is 23.0 Å². The lowest BCUT2D eigenvalue weighted by atomic mass is 9.77. The molecule has 0 saturated carbocycles. The van der Waals surface area contributed by atoms with E-state index in [0.717, 1.165) is 0 Å². The maximum atomic E-state index is 13.0. The molecule has 0 saturated heterocycles. The van der Waals surface area contributed by atoms with Crippen LogP contribution in [0.3, 0.4) is 0 Å². The number of ether oxygens (including phenoxy) is 2. The van der Waals surface area contributed by atoms with E-state index in [-0.39, 0.29) is 13.2 Å². The van der Waals surface area contributed by atoms with Gasteiger partial charge in [0, 0.05) is 0 Å². The first kappa shape index (κ1) is 22.0. The Kier molecular flexibility index (Phi) is 8.07. The topological polar surface area (TPSA) is 86.7 Å². The highest BCUT2D eigenvalue weighted by Gasteiger charge is 2.45. The van der Waals surface area contributed by atoms with Crippen LogP contribution in [0.2, 0.25) is 0 Å². The Bertz CT molecular complexity index is 742. The summed E-state index contributed by atoms with van der Waals surface area (Å²) >= 11 is 2.38. The fraction of sp³-hybridized carbons (Fsp3) is 0.400. The van der Waals surface area contributed by atoms with Crippen molar-refractivity contribution in [1.29, 1.82) is 0 Å². The first-order valence-corrected chi connectivity index (χ1v) is 10.7. The summed E-state index contributed by atoms with van der Waals surface area (Å²) in [5.74, 6) is -5.91. The van der Waals surface area contributed by atoms with Crippen molar-refractivity contribution in [2.24, 2.45) is 17.8 Å². The molecule has 2 atom stereocenters. The highest BCUT2D eigenvalue weighted by atomic mass is 32.1. The van der Waals surface area contributed by atoms with Crippen LogP contribution in [-0.4, -0.2) is 36.7 Å². The van der Waals surface area contributed by atoms with Crippen molar-refractivity contribution in [3.8, 4) is 0 Å². The number of ketones is 2. The fourth-order valence-electron chi connectivity index (χ4n) is 2.92. The molecule has 0 radical (unpaired) electrons. The Balaban J connectivity index is 2.44. The number of Topliss-reactive ketones (excluding diaryl/α,β-unsaturated/α-hetero) is 2. The molecule has 0 amide bonds. The van der Waals surface area contributed by atoms with Gasteiger partial charge in [0.2, 0.25) is 0 Å². The van der Waals surface area contributed by atoms with Crippen LogP contribution >= 0.6 is 22.7 Å². The molecule has 0 spiro atoms. The third-order valence-corrected chi connectivity index (χ3v) is 5.99. The highest BCUT2D eigenvalue weighted by molar-refractivity contribution is 7.12. The van der Waals surface area contributed by atoms with Gasteiger partial charge in [-0.15, -0.1) is 22.7 Å². The lowest BCUT2D eigenvalue weighted by Gasteiger charge is -2.26. The fourth-order valence-corrected chi connectivity index (χ4v) is 4.33. The van der Waals surface area contributed by atoms with Gasteiger partial charge in [0.1, 0.15) is 11.8 Å². The average Bonchev–Trinajstić information content (AvgIpc) is 3.36. The van der Waals surface area contributed by atoms with Crippen LogP contribution in [0.25, 0.3) is 0 Å². The molecule has 2 aromatic heterocycles. The minimum atomic E-state index is -1.28. The maximum absolute atomic E-state index is 13.0. The molecule has 0 aliphatic heterocycles. The van der Waals surface area contributed by atoms with Crippen molar-refractivity contribution in [3.05, 3.63) is 44.8 Å². The van der Waals surface area contributed by atoms with Crippen LogP contribution in [0.4, 0.5) is 0 Å². The van der Waals surface area contributed by atoms with Crippen LogP contribution < -0.4 is 0 Å². The van der Waals surface area contributed by atoms with Gasteiger partial charge in [-0.1, -0.05) is 19.1 Å². The summed E-state index contributed by atoms with van der Waals surface area (Å²) in [5.41, 5.74) is 0. The van der Waals surface area contributed by atoms with Crippen LogP contribution in [-0.2, 0) is 19.1 Å². The minimum Gasteiger partial charge on any atom is -0.465 e. The normalized spacial score (nSPS) is 14.0. The van der Waals surface area contributed by atoms with Gasteiger partial charge in [-0.25, -0.2) is 0 Å². The van der Waals surface area contributed by atoms with E-state index in [1.807, 2.05) is 0 Å². The summed E-state index contributed by atoms with van der Waals surface area (Å²) in [6.45, 7) is 4.98. The number of carbonyl (C=O) groups excluding carboxylic acids is 4. The van der Waals surface area contributed by atoms with Gasteiger partial charge < -0.3 is 9.47 Å². The molecule has 0 aliphatic carbocycles. The van der Waals surface area contributed by atoms with Crippen LogP contribution in [0.5, 0.6) is 0 Å². The molecule has 0 aromatic carbocycles. The number of rotatable bonds is 10. The third kappa shape index (κ3) is 4.94. The number of esters is 2. The van der Waals surface area contributed by atoms with Gasteiger partial charge in [-0.05, 0) is 42.7 Å². The Morgan fingerprint density at radius 3 is 1.50 bits per heavy atom. The molecule has 8 heteroatoms. The van der Waals surface area contributed by atoms with E-state index in [2.05, 4.69) is 0 Å². The van der Waals surface area contributed by atoms with Crippen LogP contribution in [0.15, 0.2) is 35.0 Å². The summed E-state index contributed by atoms with van der Waals surface area (Å²) in [6.07, 6.45) is 0. The standard InChI is InChI=1S/C20H22O6S2/c1-4-25-19(23)15(17(21)13-8-6-10-27-13)12(3)16(20(24)26-5-2)18(22)14-9-7-11-28-14/h6-12,15-16H,4-5H2,1-3H3. The number of hydrogen-bond acceptors (Lipinski definition) is 8. The zero-order chi connectivity index (χ0) is 20.7. The molecule has 28 heavy (non-hydrogen) atoms. The van der Waals surface area contributed by atoms with Crippen LogP contribution in [0.1, 0.15) is 40.1 Å². The Hall–Kier alpha value is -2.32. The molecule has 2 aromatic rings. The summed E-state index contributed by atoms with van der Waals surface area (Å²) in [7, 11) is 0. The molecule has 6 nitrogen and oxygen atoms in total. The van der Waals surface area contributed by atoms with E-state index in [4.69, 9.17) is 9.47 Å². The van der Waals surface area contributed by atoms with Crippen molar-refractivity contribution in [2.45, 2.75) is 20.8 Å². The lowest BCUT2D eigenvalue weighted by Crippen LogP contribution is -2.41. The quantitative estimate of drug-likeness (QED) is 0.328. The Morgan fingerprint density at radius 1 is 0.821 bits per heavy atom. The third-order valence-electron chi connectivity index (χ3n) is 4.23. The molecular weight excluding hydrogens is 400 g/mol. The summed E-state index contributed by atoms with van der Waals surface area (Å²) in [6, 6.07) is 6.60. The molecule has 2 rings (SSSR count). The number of thiophene rings is 2. The molecule has 2 unspecified atom stereocenters. The van der Waals surface area contributed by atoms with Crippen molar-refractivity contribution in [1.82, 2.24) is 0 Å². The van der Waals surface area contributed by atoms with Crippen molar-refractivity contribution >= 4 is 46.2 Å². The lowest BCUT2D eigenvalue weighted by molar-refractivity contribution is -0.152. The smallest absolute Gasteiger partial charge is 0.317 e. The largest absolute Gasteiger partial charge is 0.465 e. The second kappa shape index (κ2) is 10.3. The molecule has 0 fully saturated rings. The Morgan fingerprint density at radius 2 is 1.21 bits per heavy atom. The number of carbonyl (C=O) groups is 4. The van der Waals surface area contributed by atoms with Crippen molar-refractivity contribution in [2.75, 3.05) is 13.2 Å². The van der Waals surface area contributed by atoms with Crippen LogP contribution in [0, 0.1) is 17.8 Å². The second-order valence-corrected chi connectivity index (χ2v) is 7.90. The summed E-state index contributed by atoms with van der Waals surface area (Å²) < 4.78 is 10.2. The summed E-state index contributed by atoms with van der Waals surface area (Å²) in [5, 5.41) is 3.44. The maximum Gasteiger partial charge on any atom is 0.317 e. The minimum absolute atomic E-state index is 0.0860. The van der Waals surface area contributed by atoms with E-state index in [1.54, 1.807) is 55.8 Å². The SMILES string of the molecule is CCOC(=O)C(C(=O)c1cccs1)C(C)C(C(=O)OCC)C(=O)c1cccs1. The first-order chi connectivity index (χ1) is 13.4. The molecule has 0 N–H and O–H groups in total. The second-order valence-electron chi connectivity index (χ2n) is 6.00. The number of hydrogen-bond donors (Lipinski definition) is 0. The van der Waals surface area contributed by atoms with E-state index >= 15 is 0 Å². The average molecular weight is 423 g/mol. The monoisotopic (exact) mass is 422 g/mol. The predicted molar refractivity (Wildman–Crippen MR) is 107 cm³/mol.